The van der Waals surface area contributed by atoms with E-state index in [0.717, 1.165) is 0 Å². The zero-order valence-corrected chi connectivity index (χ0v) is 28.3. The molecule has 0 aromatic heterocycles. The van der Waals surface area contributed by atoms with E-state index < -0.39 is 96.9 Å². The number of aliphatic hydroxyl groups excluding tert-OH is 2. The van der Waals surface area contributed by atoms with Crippen LogP contribution in [0.4, 0.5) is 0 Å². The fourth-order valence-electron chi connectivity index (χ4n) is 4.83. The Bertz CT molecular complexity index is 1200. The van der Waals surface area contributed by atoms with Crippen molar-refractivity contribution in [3.63, 3.8) is 0 Å². The summed E-state index contributed by atoms with van der Waals surface area (Å²) >= 11 is 1.41. The number of hydrogen-bond acceptors (Lipinski definition) is 12. The summed E-state index contributed by atoms with van der Waals surface area (Å²) in [6.45, 7) is 0.431. The van der Waals surface area contributed by atoms with Crippen molar-refractivity contribution in [3.8, 4) is 0 Å². The summed E-state index contributed by atoms with van der Waals surface area (Å²) in [6, 6.07) is -8.15. The molecule has 7 atom stereocenters. The van der Waals surface area contributed by atoms with Gasteiger partial charge in [-0.1, -0.05) is 0 Å². The molecule has 1 heterocycles. The van der Waals surface area contributed by atoms with Gasteiger partial charge >= 0.3 is 11.9 Å². The highest BCUT2D eigenvalue weighted by molar-refractivity contribution is 7.98. The summed E-state index contributed by atoms with van der Waals surface area (Å²) in [7, 11) is 0. The Hall–Kier alpha value is -4.21. The third kappa shape index (κ3) is 14.8. The quantitative estimate of drug-likeness (QED) is 0.0285. The predicted octanol–water partition coefficient (Wildman–Crippen LogP) is -4.63. The molecule has 1 saturated heterocycles. The molecule has 21 heteroatoms. The number of carboxylic acids is 2. The first kappa shape index (κ1) is 42.8. The van der Waals surface area contributed by atoms with Gasteiger partial charge in [0.15, 0.2) is 5.96 Å². The monoisotopic (exact) mass is 719 g/mol. The fraction of sp³-hybridized carbons (Fsp3) is 0.714. The van der Waals surface area contributed by atoms with Crippen LogP contribution in [0.1, 0.15) is 51.9 Å². The molecular formula is C28H49N9O11S. The summed E-state index contributed by atoms with van der Waals surface area (Å²) in [5, 5.41) is 47.8. The minimum absolute atomic E-state index is 0.0400. The number of carboxylic acid groups (broad SMARTS) is 2. The zero-order chi connectivity index (χ0) is 37.3. The first-order valence-electron chi connectivity index (χ1n) is 15.6. The van der Waals surface area contributed by atoms with Crippen molar-refractivity contribution in [3.05, 3.63) is 0 Å². The molecular weight excluding hydrogens is 670 g/mol. The molecule has 0 unspecified atom stereocenters. The predicted molar refractivity (Wildman–Crippen MR) is 177 cm³/mol. The van der Waals surface area contributed by atoms with Crippen LogP contribution >= 0.6 is 11.8 Å². The van der Waals surface area contributed by atoms with Crippen molar-refractivity contribution >= 4 is 59.2 Å². The van der Waals surface area contributed by atoms with Crippen molar-refractivity contribution in [1.29, 1.82) is 0 Å². The van der Waals surface area contributed by atoms with E-state index in [1.165, 1.54) is 23.6 Å². The minimum atomic E-state index is -1.70. The van der Waals surface area contributed by atoms with Gasteiger partial charge in [-0.3, -0.25) is 33.8 Å². The number of aliphatic imine (C=N–C) groups is 1. The van der Waals surface area contributed by atoms with Gasteiger partial charge in [0.2, 0.25) is 29.5 Å². The minimum Gasteiger partial charge on any atom is -0.481 e. The van der Waals surface area contributed by atoms with Crippen LogP contribution in [-0.2, 0) is 33.6 Å². The standard InChI is InChI=1S/C28H49N9O11S/c1-14(39)21(36-23(43)18(13-38)35-22(42)15(29)7-8-20(40)41)25(45)33-16(5-3-10-32-28(30)31)26(46)37-11-4-6-19(37)24(44)34-17(27(47)48)9-12-49-2/h14-19,21,38-39H,3-13,29H2,1-2H3,(H,33,45)(H,34,44)(H,35,42)(H,36,43)(H,40,41)(H,47,48)(H4,30,31,32)/t14-,15+,16+,17+,18+,19+,21+/m1/s1. The molecule has 1 rings (SSSR count). The number of thioether (sulfide) groups is 1. The molecule has 0 aromatic rings. The normalized spacial score (nSPS) is 17.7. The second-order valence-electron chi connectivity index (χ2n) is 11.4. The maximum atomic E-state index is 13.8. The molecule has 0 aromatic carbocycles. The summed E-state index contributed by atoms with van der Waals surface area (Å²) in [5.74, 6) is -6.56. The van der Waals surface area contributed by atoms with E-state index in [4.69, 9.17) is 22.3 Å². The van der Waals surface area contributed by atoms with Crippen LogP contribution in [0.5, 0.6) is 0 Å². The Balaban J connectivity index is 3.15. The highest BCUT2D eigenvalue weighted by Crippen LogP contribution is 2.20. The lowest BCUT2D eigenvalue weighted by Gasteiger charge is -2.31. The number of guanidine groups is 1. The molecule has 0 saturated carbocycles. The molecule has 1 aliphatic rings. The highest BCUT2D eigenvalue weighted by atomic mass is 32.2. The lowest BCUT2D eigenvalue weighted by atomic mass is 10.1. The Labute approximate surface area is 287 Å². The summed E-state index contributed by atoms with van der Waals surface area (Å²) < 4.78 is 0. The van der Waals surface area contributed by atoms with Crippen molar-refractivity contribution in [1.82, 2.24) is 26.2 Å². The third-order valence-electron chi connectivity index (χ3n) is 7.51. The van der Waals surface area contributed by atoms with Crippen molar-refractivity contribution < 1.29 is 54.0 Å². The Morgan fingerprint density at radius 2 is 1.57 bits per heavy atom. The smallest absolute Gasteiger partial charge is 0.326 e. The van der Waals surface area contributed by atoms with E-state index >= 15 is 0 Å². The molecule has 5 amide bonds. The van der Waals surface area contributed by atoms with E-state index in [1.54, 1.807) is 6.26 Å². The third-order valence-corrected chi connectivity index (χ3v) is 8.15. The second-order valence-corrected chi connectivity index (χ2v) is 12.4. The SMILES string of the molecule is CSCC[C@H](NC(=O)[C@@H]1CCCN1C(=O)[C@H](CCCN=C(N)N)NC(=O)[C@@H](NC(=O)[C@H](CO)NC(=O)[C@@H](N)CCC(=O)O)[C@@H](C)O)C(=O)O. The van der Waals surface area contributed by atoms with E-state index in [0.29, 0.717) is 12.2 Å². The largest absolute Gasteiger partial charge is 0.481 e. The Kier molecular flexibility index (Phi) is 19.0. The zero-order valence-electron chi connectivity index (χ0n) is 27.5. The molecule has 278 valence electrons. The van der Waals surface area contributed by atoms with E-state index in [2.05, 4.69) is 26.3 Å². The highest BCUT2D eigenvalue weighted by Gasteiger charge is 2.40. The number of aliphatic hydroxyl groups is 2. The number of nitrogens with one attached hydrogen (secondary N) is 4. The average molecular weight is 720 g/mol. The number of nitrogens with two attached hydrogens (primary N) is 3. The number of carbonyl (C=O) groups is 7. The van der Waals surface area contributed by atoms with Crippen LogP contribution in [0.2, 0.25) is 0 Å². The van der Waals surface area contributed by atoms with Gasteiger partial charge in [-0.15, -0.1) is 0 Å². The maximum Gasteiger partial charge on any atom is 0.326 e. The molecule has 14 N–H and O–H groups in total. The van der Waals surface area contributed by atoms with Gasteiger partial charge in [0, 0.05) is 19.5 Å². The van der Waals surface area contributed by atoms with Gasteiger partial charge in [0.1, 0.15) is 30.2 Å². The Morgan fingerprint density at radius 1 is 0.918 bits per heavy atom. The molecule has 0 bridgehead atoms. The number of nitrogens with zero attached hydrogens (tertiary/aromatic N) is 2. The van der Waals surface area contributed by atoms with Gasteiger partial charge in [-0.2, -0.15) is 11.8 Å². The molecule has 1 aliphatic heterocycles. The van der Waals surface area contributed by atoms with E-state index in [1.807, 2.05) is 0 Å². The number of hydrogen-bond donors (Lipinski definition) is 11. The molecule has 1 fully saturated rings. The van der Waals surface area contributed by atoms with Crippen LogP contribution in [0.3, 0.4) is 0 Å². The van der Waals surface area contributed by atoms with Crippen molar-refractivity contribution in [2.75, 3.05) is 31.7 Å². The summed E-state index contributed by atoms with van der Waals surface area (Å²) in [4.78, 5) is 93.2. The number of carbonyl (C=O) groups excluding carboxylic acids is 5. The number of rotatable bonds is 22. The lowest BCUT2D eigenvalue weighted by Crippen LogP contribution is -2.61. The van der Waals surface area contributed by atoms with Crippen LogP contribution < -0.4 is 38.5 Å². The lowest BCUT2D eigenvalue weighted by molar-refractivity contribution is -0.145. The van der Waals surface area contributed by atoms with Gasteiger partial charge < -0.3 is 63.8 Å². The van der Waals surface area contributed by atoms with Gasteiger partial charge in [0.25, 0.3) is 0 Å². The van der Waals surface area contributed by atoms with Crippen molar-refractivity contribution in [2.45, 2.75) is 94.2 Å². The Morgan fingerprint density at radius 3 is 2.12 bits per heavy atom. The van der Waals surface area contributed by atoms with Crippen LogP contribution in [-0.4, -0.2) is 147 Å². The van der Waals surface area contributed by atoms with Gasteiger partial charge in [-0.05, 0) is 57.5 Å². The van der Waals surface area contributed by atoms with Gasteiger partial charge in [-0.25, -0.2) is 4.79 Å². The average Bonchev–Trinajstić information content (AvgIpc) is 3.53. The number of amides is 5. The number of aliphatic carboxylic acids is 2. The van der Waals surface area contributed by atoms with Crippen molar-refractivity contribution in [2.24, 2.45) is 22.2 Å². The van der Waals surface area contributed by atoms with E-state index in [9.17, 15) is 48.9 Å². The molecule has 0 spiro atoms. The number of likely N-dealkylation sites (tertiary alicyclic amines) is 1. The first-order valence-corrected chi connectivity index (χ1v) is 17.0. The van der Waals surface area contributed by atoms with Gasteiger partial charge in [0.05, 0.1) is 18.8 Å². The molecule has 0 aliphatic carbocycles. The fourth-order valence-corrected chi connectivity index (χ4v) is 5.30. The molecule has 0 radical (unpaired) electrons. The topological polar surface area (TPSA) is 342 Å². The summed E-state index contributed by atoms with van der Waals surface area (Å²) in [6.07, 6.45) is 0.526. The van der Waals surface area contributed by atoms with E-state index in [-0.39, 0.29) is 51.2 Å². The van der Waals surface area contributed by atoms with Crippen LogP contribution in [0.15, 0.2) is 4.99 Å². The first-order chi connectivity index (χ1) is 23.0. The van der Waals surface area contributed by atoms with Crippen LogP contribution in [0.25, 0.3) is 0 Å². The maximum absolute atomic E-state index is 13.8. The molecule has 20 nitrogen and oxygen atoms in total. The van der Waals surface area contributed by atoms with Crippen LogP contribution in [0, 0.1) is 0 Å². The second kappa shape index (κ2) is 21.7. The summed E-state index contributed by atoms with van der Waals surface area (Å²) in [5.41, 5.74) is 16.4. The molecule has 49 heavy (non-hydrogen) atoms.